The molecule has 1 amide bonds. The second kappa shape index (κ2) is 6.37. The number of nitrogens with two attached hydrogens (primary N) is 1. The van der Waals surface area contributed by atoms with Crippen molar-refractivity contribution in [2.45, 2.75) is 31.7 Å². The molecule has 0 spiro atoms. The summed E-state index contributed by atoms with van der Waals surface area (Å²) in [4.78, 5) is 31.2. The number of para-hydroxylation sites is 1. The highest BCUT2D eigenvalue weighted by Crippen LogP contribution is 2.28. The minimum absolute atomic E-state index is 0.110. The van der Waals surface area contributed by atoms with Gasteiger partial charge in [-0.2, -0.15) is 0 Å². The third-order valence-corrected chi connectivity index (χ3v) is 4.16. The zero-order chi connectivity index (χ0) is 16.4. The number of fused-ring (bicyclic) bond motifs is 1. The maximum atomic E-state index is 11.9. The molecule has 7 heteroatoms. The quantitative estimate of drug-likeness (QED) is 0.731. The van der Waals surface area contributed by atoms with E-state index >= 15 is 0 Å². The van der Waals surface area contributed by atoms with Crippen LogP contribution in [0, 0.1) is 0 Å². The van der Waals surface area contributed by atoms with Crippen LogP contribution in [-0.4, -0.2) is 41.0 Å². The Morgan fingerprint density at radius 3 is 3.00 bits per heavy atom. The van der Waals surface area contributed by atoms with E-state index in [2.05, 4.69) is 15.3 Å². The molecule has 3 rings (SSSR count). The van der Waals surface area contributed by atoms with Crippen LogP contribution >= 0.6 is 0 Å². The Hall–Kier alpha value is -2.41. The third kappa shape index (κ3) is 3.05. The first-order chi connectivity index (χ1) is 11.1. The molecule has 0 bridgehead atoms. The summed E-state index contributed by atoms with van der Waals surface area (Å²) in [6.07, 6.45) is 1.48. The van der Waals surface area contributed by atoms with Crippen LogP contribution in [0.2, 0.25) is 0 Å². The number of benzene rings is 1. The van der Waals surface area contributed by atoms with Gasteiger partial charge in [0, 0.05) is 5.92 Å². The monoisotopic (exact) mass is 316 g/mol. The predicted molar refractivity (Wildman–Crippen MR) is 85.0 cm³/mol. The van der Waals surface area contributed by atoms with Gasteiger partial charge in [-0.15, -0.1) is 0 Å². The van der Waals surface area contributed by atoms with Crippen LogP contribution < -0.4 is 11.1 Å². The zero-order valence-corrected chi connectivity index (χ0v) is 13.0. The van der Waals surface area contributed by atoms with Gasteiger partial charge < -0.3 is 20.8 Å². The average Bonchev–Trinajstić information content (AvgIpc) is 2.99. The van der Waals surface area contributed by atoms with Crippen molar-refractivity contribution in [2.24, 2.45) is 5.73 Å². The number of piperidine rings is 1. The van der Waals surface area contributed by atoms with E-state index in [4.69, 9.17) is 10.5 Å². The van der Waals surface area contributed by atoms with Gasteiger partial charge in [0.05, 0.1) is 17.7 Å². The van der Waals surface area contributed by atoms with Gasteiger partial charge in [0.2, 0.25) is 0 Å². The molecule has 2 heterocycles. The van der Waals surface area contributed by atoms with Gasteiger partial charge in [-0.1, -0.05) is 6.07 Å². The van der Waals surface area contributed by atoms with Crippen LogP contribution in [-0.2, 0) is 9.53 Å². The van der Waals surface area contributed by atoms with Crippen molar-refractivity contribution in [1.29, 1.82) is 0 Å². The summed E-state index contributed by atoms with van der Waals surface area (Å²) in [6, 6.07) is 4.98. The minimum atomic E-state index is -0.497. The van der Waals surface area contributed by atoms with Crippen molar-refractivity contribution < 1.29 is 14.3 Å². The summed E-state index contributed by atoms with van der Waals surface area (Å²) in [6.45, 7) is 2.88. The van der Waals surface area contributed by atoms with Crippen LogP contribution in [0.1, 0.15) is 41.9 Å². The number of esters is 1. The molecular formula is C16H20N4O3. The number of rotatable bonds is 4. The predicted octanol–water partition coefficient (Wildman–Crippen LogP) is 1.06. The summed E-state index contributed by atoms with van der Waals surface area (Å²) >= 11 is 0. The summed E-state index contributed by atoms with van der Waals surface area (Å²) < 4.78 is 5.08. The number of aromatic nitrogens is 2. The number of aromatic amines is 1. The first kappa shape index (κ1) is 15.5. The number of nitrogens with one attached hydrogen (secondary N) is 2. The van der Waals surface area contributed by atoms with Gasteiger partial charge in [0.1, 0.15) is 17.4 Å². The lowest BCUT2D eigenvalue weighted by molar-refractivity contribution is -0.146. The summed E-state index contributed by atoms with van der Waals surface area (Å²) in [7, 11) is 0. The Balaban J connectivity index is 1.86. The van der Waals surface area contributed by atoms with Crippen LogP contribution in [0.5, 0.6) is 0 Å². The van der Waals surface area contributed by atoms with Crippen LogP contribution in [0.15, 0.2) is 18.2 Å². The fourth-order valence-electron chi connectivity index (χ4n) is 3.03. The smallest absolute Gasteiger partial charge is 0.323 e. The lowest BCUT2D eigenvalue weighted by Crippen LogP contribution is -2.44. The van der Waals surface area contributed by atoms with E-state index in [0.29, 0.717) is 30.7 Å². The first-order valence-electron chi connectivity index (χ1n) is 7.78. The van der Waals surface area contributed by atoms with Crippen molar-refractivity contribution in [3.05, 3.63) is 29.6 Å². The van der Waals surface area contributed by atoms with Crippen molar-refractivity contribution in [1.82, 2.24) is 15.3 Å². The van der Waals surface area contributed by atoms with Gasteiger partial charge >= 0.3 is 5.97 Å². The Labute approximate surface area is 133 Å². The number of hydrogen-bond donors (Lipinski definition) is 3. The van der Waals surface area contributed by atoms with E-state index in [0.717, 1.165) is 17.8 Å². The summed E-state index contributed by atoms with van der Waals surface area (Å²) in [5.41, 5.74) is 7.17. The van der Waals surface area contributed by atoms with E-state index in [1.165, 1.54) is 0 Å². The number of H-pyrrole nitrogens is 1. The topological polar surface area (TPSA) is 110 Å². The molecule has 0 radical (unpaired) electrons. The van der Waals surface area contributed by atoms with Crippen molar-refractivity contribution in [3.8, 4) is 0 Å². The molecule has 122 valence electrons. The first-order valence-corrected chi connectivity index (χ1v) is 7.78. The van der Waals surface area contributed by atoms with E-state index < -0.39 is 5.91 Å². The molecule has 1 aliphatic heterocycles. The largest absolute Gasteiger partial charge is 0.465 e. The normalized spacial score (nSPS) is 21.3. The Morgan fingerprint density at radius 1 is 1.43 bits per heavy atom. The van der Waals surface area contributed by atoms with Gasteiger partial charge in [-0.25, -0.2) is 4.98 Å². The molecule has 2 atom stereocenters. The molecule has 4 N–H and O–H groups in total. The number of amides is 1. The fourth-order valence-corrected chi connectivity index (χ4v) is 3.03. The molecule has 0 aliphatic carbocycles. The molecule has 1 saturated heterocycles. The average molecular weight is 316 g/mol. The van der Waals surface area contributed by atoms with Crippen LogP contribution in [0.3, 0.4) is 0 Å². The molecule has 2 aromatic rings. The number of imidazole rings is 1. The SMILES string of the molecule is CCOC(=O)C1CC(c2nc3c(C(N)=O)cccc3[nH]2)CCN1. The molecule has 1 fully saturated rings. The zero-order valence-electron chi connectivity index (χ0n) is 13.0. The number of carbonyl (C=O) groups excluding carboxylic acids is 2. The van der Waals surface area contributed by atoms with Gasteiger partial charge in [0.25, 0.3) is 5.91 Å². The van der Waals surface area contributed by atoms with E-state index in [9.17, 15) is 9.59 Å². The van der Waals surface area contributed by atoms with Gasteiger partial charge in [0.15, 0.2) is 0 Å². The highest BCUT2D eigenvalue weighted by atomic mass is 16.5. The molecule has 0 saturated carbocycles. The molecule has 23 heavy (non-hydrogen) atoms. The maximum absolute atomic E-state index is 11.9. The molecule has 7 nitrogen and oxygen atoms in total. The number of ether oxygens (including phenoxy) is 1. The second-order valence-corrected chi connectivity index (χ2v) is 5.67. The third-order valence-electron chi connectivity index (χ3n) is 4.16. The van der Waals surface area contributed by atoms with Crippen LogP contribution in [0.4, 0.5) is 0 Å². The number of carbonyl (C=O) groups is 2. The number of nitrogens with zero attached hydrogens (tertiary/aromatic N) is 1. The van der Waals surface area contributed by atoms with Crippen molar-refractivity contribution in [3.63, 3.8) is 0 Å². The lowest BCUT2D eigenvalue weighted by atomic mass is 9.92. The van der Waals surface area contributed by atoms with Crippen LogP contribution in [0.25, 0.3) is 11.0 Å². The molecule has 1 aromatic heterocycles. The Morgan fingerprint density at radius 2 is 2.26 bits per heavy atom. The second-order valence-electron chi connectivity index (χ2n) is 5.67. The Bertz CT molecular complexity index is 740. The standard InChI is InChI=1S/C16H20N4O3/c1-2-23-16(22)12-8-9(6-7-18-12)15-19-11-5-3-4-10(14(17)21)13(11)20-15/h3-5,9,12,18H,2,6-8H2,1H3,(H2,17,21)(H,19,20). The molecule has 1 aliphatic rings. The van der Waals surface area contributed by atoms with Gasteiger partial charge in [-0.3, -0.25) is 9.59 Å². The highest BCUT2D eigenvalue weighted by molar-refractivity contribution is 6.04. The summed E-state index contributed by atoms with van der Waals surface area (Å²) in [5, 5.41) is 3.18. The number of primary amides is 1. The van der Waals surface area contributed by atoms with E-state index in [-0.39, 0.29) is 17.9 Å². The van der Waals surface area contributed by atoms with E-state index in [1.54, 1.807) is 19.1 Å². The Kier molecular flexibility index (Phi) is 4.29. The molecular weight excluding hydrogens is 296 g/mol. The molecule has 1 aromatic carbocycles. The van der Waals surface area contributed by atoms with Crippen molar-refractivity contribution in [2.75, 3.05) is 13.2 Å². The lowest BCUT2D eigenvalue weighted by Gasteiger charge is -2.27. The van der Waals surface area contributed by atoms with Gasteiger partial charge in [-0.05, 0) is 38.4 Å². The summed E-state index contributed by atoms with van der Waals surface area (Å²) in [5.74, 6) is 0.165. The maximum Gasteiger partial charge on any atom is 0.323 e. The van der Waals surface area contributed by atoms with Crippen molar-refractivity contribution >= 4 is 22.9 Å². The van der Waals surface area contributed by atoms with E-state index in [1.807, 2.05) is 6.07 Å². The minimum Gasteiger partial charge on any atom is -0.465 e. The fraction of sp³-hybridized carbons (Fsp3) is 0.438. The molecule has 2 unspecified atom stereocenters. The number of hydrogen-bond acceptors (Lipinski definition) is 5. The highest BCUT2D eigenvalue weighted by Gasteiger charge is 2.30.